The predicted molar refractivity (Wildman–Crippen MR) is 72.0 cm³/mol. The number of nitrogens with one attached hydrogen (secondary N) is 1. The Bertz CT molecular complexity index is 467. The summed E-state index contributed by atoms with van der Waals surface area (Å²) in [6.45, 7) is 0. The number of nitro groups is 1. The van der Waals surface area contributed by atoms with E-state index in [9.17, 15) is 14.5 Å². The van der Waals surface area contributed by atoms with E-state index in [0.29, 0.717) is 5.69 Å². The van der Waals surface area contributed by atoms with Crippen molar-refractivity contribution in [3.63, 3.8) is 0 Å². The zero-order valence-electron chi connectivity index (χ0n) is 9.49. The highest BCUT2D eigenvalue weighted by molar-refractivity contribution is 7.99. The van der Waals surface area contributed by atoms with E-state index >= 15 is 0 Å². The van der Waals surface area contributed by atoms with Gasteiger partial charge in [-0.05, 0) is 24.7 Å². The van der Waals surface area contributed by atoms with Gasteiger partial charge in [0.15, 0.2) is 0 Å². The van der Waals surface area contributed by atoms with Gasteiger partial charge in [-0.25, -0.2) is 4.39 Å². The SMILES string of the molecule is O=[N+]([O-])c1cc(F)c(Cl)cc1NC1CCCSC1. The Kier molecular flexibility index (Phi) is 4.29. The normalized spacial score (nSPS) is 19.6. The maximum atomic E-state index is 13.2. The van der Waals surface area contributed by atoms with Crippen LogP contribution in [0.25, 0.3) is 0 Å². The second-order valence-corrected chi connectivity index (χ2v) is 5.66. The molecule has 0 amide bonds. The average molecular weight is 291 g/mol. The number of hydrogen-bond donors (Lipinski definition) is 1. The third-order valence-electron chi connectivity index (χ3n) is 2.76. The van der Waals surface area contributed by atoms with Crippen LogP contribution in [0.5, 0.6) is 0 Å². The van der Waals surface area contributed by atoms with Gasteiger partial charge in [0, 0.05) is 11.8 Å². The molecule has 1 aromatic rings. The number of anilines is 1. The Hall–Kier alpha value is -1.01. The van der Waals surface area contributed by atoms with Gasteiger partial charge in [0.25, 0.3) is 5.69 Å². The minimum atomic E-state index is -0.771. The van der Waals surface area contributed by atoms with Crippen LogP contribution in [0.4, 0.5) is 15.8 Å². The average Bonchev–Trinajstić information content (AvgIpc) is 2.34. The van der Waals surface area contributed by atoms with Crippen LogP contribution >= 0.6 is 23.4 Å². The van der Waals surface area contributed by atoms with Gasteiger partial charge in [-0.15, -0.1) is 0 Å². The lowest BCUT2D eigenvalue weighted by atomic mass is 10.1. The highest BCUT2D eigenvalue weighted by Crippen LogP contribution is 2.32. The van der Waals surface area contributed by atoms with Crippen LogP contribution in [0, 0.1) is 15.9 Å². The molecule has 0 aliphatic carbocycles. The van der Waals surface area contributed by atoms with Crippen molar-refractivity contribution in [2.45, 2.75) is 18.9 Å². The molecule has 1 saturated heterocycles. The third kappa shape index (κ3) is 3.05. The molecule has 1 heterocycles. The number of thioether (sulfide) groups is 1. The summed E-state index contributed by atoms with van der Waals surface area (Å²) in [5, 5.41) is 13.9. The van der Waals surface area contributed by atoms with Crippen molar-refractivity contribution in [3.8, 4) is 0 Å². The minimum Gasteiger partial charge on any atom is -0.376 e. The maximum Gasteiger partial charge on any atom is 0.295 e. The summed E-state index contributed by atoms with van der Waals surface area (Å²) in [5.41, 5.74) is 0.0198. The minimum absolute atomic E-state index is 0.105. The Morgan fingerprint density at radius 3 is 2.94 bits per heavy atom. The van der Waals surface area contributed by atoms with Crippen molar-refractivity contribution < 1.29 is 9.31 Å². The molecule has 1 aromatic carbocycles. The van der Waals surface area contributed by atoms with E-state index in [-0.39, 0.29) is 16.8 Å². The van der Waals surface area contributed by atoms with Gasteiger partial charge in [0.1, 0.15) is 11.5 Å². The lowest BCUT2D eigenvalue weighted by molar-refractivity contribution is -0.384. The lowest BCUT2D eigenvalue weighted by Crippen LogP contribution is -2.26. The first-order valence-corrected chi connectivity index (χ1v) is 7.09. The molecule has 0 radical (unpaired) electrons. The van der Waals surface area contributed by atoms with E-state index < -0.39 is 10.7 Å². The van der Waals surface area contributed by atoms with Crippen LogP contribution in [0.2, 0.25) is 5.02 Å². The van der Waals surface area contributed by atoms with E-state index in [1.807, 2.05) is 0 Å². The molecule has 0 bridgehead atoms. The van der Waals surface area contributed by atoms with E-state index in [0.717, 1.165) is 30.4 Å². The van der Waals surface area contributed by atoms with Gasteiger partial charge in [-0.1, -0.05) is 11.6 Å². The molecule has 18 heavy (non-hydrogen) atoms. The molecule has 98 valence electrons. The molecule has 1 aliphatic heterocycles. The molecule has 0 spiro atoms. The zero-order valence-corrected chi connectivity index (χ0v) is 11.1. The largest absolute Gasteiger partial charge is 0.376 e. The van der Waals surface area contributed by atoms with Crippen molar-refractivity contribution in [1.82, 2.24) is 0 Å². The lowest BCUT2D eigenvalue weighted by Gasteiger charge is -2.23. The molecule has 0 saturated carbocycles. The molecule has 0 aromatic heterocycles. The molecule has 1 N–H and O–H groups in total. The van der Waals surface area contributed by atoms with E-state index in [4.69, 9.17) is 11.6 Å². The van der Waals surface area contributed by atoms with E-state index in [1.54, 1.807) is 11.8 Å². The number of benzene rings is 1. The highest BCUT2D eigenvalue weighted by Gasteiger charge is 2.21. The van der Waals surface area contributed by atoms with Crippen molar-refractivity contribution in [2.75, 3.05) is 16.8 Å². The predicted octanol–water partition coefficient (Wildman–Crippen LogP) is 3.69. The smallest absolute Gasteiger partial charge is 0.295 e. The summed E-state index contributed by atoms with van der Waals surface area (Å²) in [6.07, 6.45) is 2.03. The van der Waals surface area contributed by atoms with Crippen molar-refractivity contribution >= 4 is 34.7 Å². The fourth-order valence-electron chi connectivity index (χ4n) is 1.88. The Morgan fingerprint density at radius 1 is 1.56 bits per heavy atom. The summed E-state index contributed by atoms with van der Waals surface area (Å²) in [4.78, 5) is 10.3. The van der Waals surface area contributed by atoms with Crippen molar-refractivity contribution in [2.24, 2.45) is 0 Å². The first kappa shape index (κ1) is 13.4. The molecular weight excluding hydrogens is 279 g/mol. The zero-order chi connectivity index (χ0) is 13.1. The van der Waals surface area contributed by atoms with E-state index in [2.05, 4.69) is 5.32 Å². The maximum absolute atomic E-state index is 13.2. The number of nitrogens with zero attached hydrogens (tertiary/aromatic N) is 1. The topological polar surface area (TPSA) is 55.2 Å². The Morgan fingerprint density at radius 2 is 2.33 bits per heavy atom. The summed E-state index contributed by atoms with van der Waals surface area (Å²) >= 11 is 7.47. The number of halogens is 2. The van der Waals surface area contributed by atoms with Crippen LogP contribution in [0.15, 0.2) is 12.1 Å². The molecule has 2 rings (SSSR count). The van der Waals surface area contributed by atoms with E-state index in [1.165, 1.54) is 6.07 Å². The first-order chi connectivity index (χ1) is 8.58. The highest BCUT2D eigenvalue weighted by atomic mass is 35.5. The van der Waals surface area contributed by atoms with Crippen LogP contribution in [0.1, 0.15) is 12.8 Å². The fourth-order valence-corrected chi connectivity index (χ4v) is 3.11. The molecule has 1 atom stereocenters. The monoisotopic (exact) mass is 290 g/mol. The van der Waals surface area contributed by atoms with Crippen molar-refractivity contribution in [3.05, 3.63) is 33.1 Å². The number of hydrogen-bond acceptors (Lipinski definition) is 4. The van der Waals surface area contributed by atoms with Crippen LogP contribution < -0.4 is 5.32 Å². The number of rotatable bonds is 3. The fraction of sp³-hybridized carbons (Fsp3) is 0.455. The van der Waals surface area contributed by atoms with Gasteiger partial charge < -0.3 is 5.32 Å². The second-order valence-electron chi connectivity index (χ2n) is 4.10. The molecule has 7 heteroatoms. The molecular formula is C11H12ClFN2O2S. The summed E-state index contributed by atoms with van der Waals surface area (Å²) < 4.78 is 13.2. The number of nitro benzene ring substituents is 1. The van der Waals surface area contributed by atoms with Gasteiger partial charge in [0.2, 0.25) is 0 Å². The Labute approximate surface area is 113 Å². The molecule has 1 unspecified atom stereocenters. The summed E-state index contributed by atoms with van der Waals surface area (Å²) in [5.74, 6) is 1.24. The van der Waals surface area contributed by atoms with Gasteiger partial charge >= 0.3 is 0 Å². The van der Waals surface area contributed by atoms with Gasteiger partial charge in [0.05, 0.1) is 16.0 Å². The van der Waals surface area contributed by atoms with Crippen LogP contribution in [0.3, 0.4) is 0 Å². The standard InChI is InChI=1S/C11H12ClFN2O2S/c12-8-4-10(11(15(16)17)5-9(8)13)14-7-2-1-3-18-6-7/h4-5,7,14H,1-3,6H2. The quantitative estimate of drug-likeness (QED) is 0.681. The van der Waals surface area contributed by atoms with Gasteiger partial charge in [-0.2, -0.15) is 11.8 Å². The summed E-state index contributed by atoms with van der Waals surface area (Å²) in [6, 6.07) is 2.32. The second kappa shape index (κ2) is 5.75. The van der Waals surface area contributed by atoms with Gasteiger partial charge in [-0.3, -0.25) is 10.1 Å². The molecule has 1 aliphatic rings. The van der Waals surface area contributed by atoms with Crippen LogP contribution in [-0.2, 0) is 0 Å². The molecule has 4 nitrogen and oxygen atoms in total. The first-order valence-electron chi connectivity index (χ1n) is 5.55. The van der Waals surface area contributed by atoms with Crippen LogP contribution in [-0.4, -0.2) is 22.5 Å². The molecule has 1 fully saturated rings. The summed E-state index contributed by atoms with van der Waals surface area (Å²) in [7, 11) is 0. The Balaban J connectivity index is 2.24. The third-order valence-corrected chi connectivity index (χ3v) is 4.26. The van der Waals surface area contributed by atoms with Crippen molar-refractivity contribution in [1.29, 1.82) is 0 Å².